The molecule has 1 aliphatic heterocycles. The largest absolute Gasteiger partial charge is 0.484 e. The lowest BCUT2D eigenvalue weighted by atomic mass is 10.1. The van der Waals surface area contributed by atoms with Gasteiger partial charge in [-0.2, -0.15) is 13.2 Å². The maximum atomic E-state index is 13.1. The monoisotopic (exact) mass is 514 g/mol. The van der Waals surface area contributed by atoms with Crippen molar-refractivity contribution in [3.63, 3.8) is 0 Å². The number of ether oxygens (including phenoxy) is 3. The molecule has 7 nitrogen and oxygen atoms in total. The summed E-state index contributed by atoms with van der Waals surface area (Å²) < 4.78 is 55.6. The van der Waals surface area contributed by atoms with Gasteiger partial charge in [0.05, 0.1) is 24.9 Å². The van der Waals surface area contributed by atoms with Crippen LogP contribution < -0.4 is 4.74 Å². The molecule has 2 aromatic carbocycles. The molecule has 0 aliphatic carbocycles. The van der Waals surface area contributed by atoms with E-state index < -0.39 is 23.8 Å². The SMILES string of the molecule is COCCN(CC1CN(C(=O)COc2ccc(Cl)cc2)CCO1)C(=O)c1cccc(C(F)(F)F)c1. The Balaban J connectivity index is 1.63. The van der Waals surface area contributed by atoms with Crippen molar-refractivity contribution in [3.05, 3.63) is 64.7 Å². The van der Waals surface area contributed by atoms with Crippen molar-refractivity contribution >= 4 is 23.4 Å². The normalized spacial score (nSPS) is 16.1. The number of carbonyl (C=O) groups excluding carboxylic acids is 2. The number of methoxy groups -OCH3 is 1. The van der Waals surface area contributed by atoms with Crippen molar-refractivity contribution in [2.45, 2.75) is 12.3 Å². The van der Waals surface area contributed by atoms with Crippen LogP contribution in [0.2, 0.25) is 5.02 Å². The van der Waals surface area contributed by atoms with Gasteiger partial charge in [-0.1, -0.05) is 17.7 Å². The summed E-state index contributed by atoms with van der Waals surface area (Å²) in [6.07, 6.45) is -5.08. The van der Waals surface area contributed by atoms with Crippen molar-refractivity contribution in [2.75, 3.05) is 53.1 Å². The quantitative estimate of drug-likeness (QED) is 0.510. The number of halogens is 4. The maximum Gasteiger partial charge on any atom is 0.416 e. The average Bonchev–Trinajstić information content (AvgIpc) is 2.85. The molecule has 0 bridgehead atoms. The molecular weight excluding hydrogens is 489 g/mol. The number of alkyl halides is 3. The molecule has 1 saturated heterocycles. The minimum atomic E-state index is -4.56. The van der Waals surface area contributed by atoms with E-state index in [9.17, 15) is 22.8 Å². The van der Waals surface area contributed by atoms with Crippen molar-refractivity contribution in [2.24, 2.45) is 0 Å². The lowest BCUT2D eigenvalue weighted by Crippen LogP contribution is -2.52. The van der Waals surface area contributed by atoms with Crippen LogP contribution in [-0.2, 0) is 20.4 Å². The number of rotatable bonds is 9. The van der Waals surface area contributed by atoms with Gasteiger partial charge in [0, 0.05) is 43.9 Å². The van der Waals surface area contributed by atoms with E-state index >= 15 is 0 Å². The molecule has 1 unspecified atom stereocenters. The molecule has 0 N–H and O–H groups in total. The fraction of sp³-hybridized carbons (Fsp3) is 0.417. The Kier molecular flexibility index (Phi) is 9.36. The summed E-state index contributed by atoms with van der Waals surface area (Å²) in [5.41, 5.74) is -0.988. The second kappa shape index (κ2) is 12.2. The Labute approximate surface area is 206 Å². The van der Waals surface area contributed by atoms with Gasteiger partial charge in [-0.05, 0) is 42.5 Å². The number of benzene rings is 2. The Morgan fingerprint density at radius 3 is 2.63 bits per heavy atom. The van der Waals surface area contributed by atoms with Gasteiger partial charge >= 0.3 is 6.18 Å². The lowest BCUT2D eigenvalue weighted by molar-refractivity contribution is -0.141. The minimum absolute atomic E-state index is 0.0836. The maximum absolute atomic E-state index is 13.1. The summed E-state index contributed by atoms with van der Waals surface area (Å²) in [4.78, 5) is 28.6. The third-order valence-corrected chi connectivity index (χ3v) is 5.63. The molecule has 0 spiro atoms. The Morgan fingerprint density at radius 1 is 1.20 bits per heavy atom. The predicted molar refractivity (Wildman–Crippen MR) is 122 cm³/mol. The average molecular weight is 515 g/mol. The van der Waals surface area contributed by atoms with Crippen LogP contribution in [0.15, 0.2) is 48.5 Å². The second-order valence-electron chi connectivity index (χ2n) is 7.90. The minimum Gasteiger partial charge on any atom is -0.484 e. The molecular formula is C24H26ClF3N2O5. The summed E-state index contributed by atoms with van der Waals surface area (Å²) in [5, 5.41) is 0.553. The van der Waals surface area contributed by atoms with E-state index in [1.165, 1.54) is 24.1 Å². The van der Waals surface area contributed by atoms with Crippen LogP contribution in [0.5, 0.6) is 5.75 Å². The van der Waals surface area contributed by atoms with Crippen molar-refractivity contribution in [3.8, 4) is 5.75 Å². The second-order valence-corrected chi connectivity index (χ2v) is 8.33. The van der Waals surface area contributed by atoms with Gasteiger partial charge in [0.15, 0.2) is 6.61 Å². The third kappa shape index (κ3) is 7.84. The highest BCUT2D eigenvalue weighted by atomic mass is 35.5. The van der Waals surface area contributed by atoms with Crippen LogP contribution >= 0.6 is 11.6 Å². The van der Waals surface area contributed by atoms with Gasteiger partial charge in [0.25, 0.3) is 11.8 Å². The third-order valence-electron chi connectivity index (χ3n) is 5.38. The Hall–Kier alpha value is -2.82. The van der Waals surface area contributed by atoms with Crippen molar-refractivity contribution in [1.82, 2.24) is 9.80 Å². The highest BCUT2D eigenvalue weighted by Gasteiger charge is 2.32. The summed E-state index contributed by atoms with van der Waals surface area (Å²) in [6, 6.07) is 10.9. The van der Waals surface area contributed by atoms with Crippen LogP contribution in [0.4, 0.5) is 13.2 Å². The lowest BCUT2D eigenvalue weighted by Gasteiger charge is -2.35. The first-order chi connectivity index (χ1) is 16.7. The molecule has 11 heteroatoms. The van der Waals surface area contributed by atoms with Gasteiger partial charge < -0.3 is 24.0 Å². The zero-order chi connectivity index (χ0) is 25.4. The van der Waals surface area contributed by atoms with E-state index in [0.717, 1.165) is 12.1 Å². The Morgan fingerprint density at radius 2 is 1.94 bits per heavy atom. The molecule has 0 radical (unpaired) electrons. The van der Waals surface area contributed by atoms with E-state index in [1.54, 1.807) is 29.2 Å². The molecule has 35 heavy (non-hydrogen) atoms. The first kappa shape index (κ1) is 26.8. The summed E-state index contributed by atoms with van der Waals surface area (Å²) >= 11 is 5.84. The molecule has 1 fully saturated rings. The zero-order valence-corrected chi connectivity index (χ0v) is 19.8. The van der Waals surface area contributed by atoms with Gasteiger partial charge in [-0.3, -0.25) is 9.59 Å². The van der Waals surface area contributed by atoms with E-state index in [-0.39, 0.29) is 50.9 Å². The zero-order valence-electron chi connectivity index (χ0n) is 19.1. The number of morpholine rings is 1. The highest BCUT2D eigenvalue weighted by Crippen LogP contribution is 2.29. The van der Waals surface area contributed by atoms with E-state index in [4.69, 9.17) is 25.8 Å². The smallest absolute Gasteiger partial charge is 0.416 e. The fourth-order valence-electron chi connectivity index (χ4n) is 3.56. The van der Waals surface area contributed by atoms with E-state index in [0.29, 0.717) is 17.3 Å². The van der Waals surface area contributed by atoms with Crippen LogP contribution in [0.3, 0.4) is 0 Å². The number of nitrogens with zero attached hydrogens (tertiary/aromatic N) is 2. The summed E-state index contributed by atoms with van der Waals surface area (Å²) in [5.74, 6) is -0.322. The first-order valence-electron chi connectivity index (χ1n) is 10.9. The highest BCUT2D eigenvalue weighted by molar-refractivity contribution is 6.30. The summed E-state index contributed by atoms with van der Waals surface area (Å²) in [7, 11) is 1.46. The molecule has 2 amide bonds. The number of carbonyl (C=O) groups is 2. The molecule has 1 heterocycles. The fourth-order valence-corrected chi connectivity index (χ4v) is 3.68. The molecule has 0 aromatic heterocycles. The number of amides is 2. The summed E-state index contributed by atoms with van der Waals surface area (Å²) in [6.45, 7) is 1.08. The van der Waals surface area contributed by atoms with Crippen LogP contribution in [-0.4, -0.2) is 80.8 Å². The molecule has 3 rings (SSSR count). The standard InChI is InChI=1S/C24H26ClF3N2O5/c1-33-11-9-30(23(32)17-3-2-4-18(13-17)24(26,27)28)15-21-14-29(10-12-34-21)22(31)16-35-20-7-5-19(25)6-8-20/h2-8,13,21H,9-12,14-16H2,1H3. The van der Waals surface area contributed by atoms with Gasteiger partial charge in [0.1, 0.15) is 5.75 Å². The predicted octanol–water partition coefficient (Wildman–Crippen LogP) is 3.75. The molecule has 1 atom stereocenters. The van der Waals surface area contributed by atoms with Crippen LogP contribution in [0.1, 0.15) is 15.9 Å². The first-order valence-corrected chi connectivity index (χ1v) is 11.3. The van der Waals surface area contributed by atoms with Crippen molar-refractivity contribution in [1.29, 1.82) is 0 Å². The molecule has 190 valence electrons. The van der Waals surface area contributed by atoms with Gasteiger partial charge in [-0.25, -0.2) is 0 Å². The van der Waals surface area contributed by atoms with Crippen LogP contribution in [0, 0.1) is 0 Å². The molecule has 2 aromatic rings. The van der Waals surface area contributed by atoms with E-state index in [1.807, 2.05) is 0 Å². The Bertz CT molecular complexity index is 1000. The topological polar surface area (TPSA) is 68.3 Å². The van der Waals surface area contributed by atoms with Crippen molar-refractivity contribution < 1.29 is 37.0 Å². The van der Waals surface area contributed by atoms with Crippen LogP contribution in [0.25, 0.3) is 0 Å². The molecule has 1 aliphatic rings. The van der Waals surface area contributed by atoms with Gasteiger partial charge in [0.2, 0.25) is 0 Å². The molecule has 0 saturated carbocycles. The van der Waals surface area contributed by atoms with E-state index in [2.05, 4.69) is 0 Å². The number of hydrogen-bond donors (Lipinski definition) is 0. The number of hydrogen-bond acceptors (Lipinski definition) is 5. The van der Waals surface area contributed by atoms with Gasteiger partial charge in [-0.15, -0.1) is 0 Å².